The van der Waals surface area contributed by atoms with Crippen LogP contribution in [-0.4, -0.2) is 51.1 Å². The number of thioether (sulfide) groups is 1. The van der Waals surface area contributed by atoms with Gasteiger partial charge in [-0.25, -0.2) is 0 Å². The Morgan fingerprint density at radius 1 is 1.03 bits per heavy atom. The number of anilines is 2. The second-order valence-corrected chi connectivity index (χ2v) is 9.77. The predicted molar refractivity (Wildman–Crippen MR) is 140 cm³/mol. The van der Waals surface area contributed by atoms with Crippen LogP contribution in [0.15, 0.2) is 66.0 Å². The molecule has 0 bridgehead atoms. The third-order valence-corrected chi connectivity index (χ3v) is 7.18. The van der Waals surface area contributed by atoms with E-state index in [1.165, 1.54) is 18.2 Å². The maximum atomic E-state index is 13.2. The Labute approximate surface area is 208 Å². The van der Waals surface area contributed by atoms with E-state index in [0.29, 0.717) is 5.16 Å². The number of carbonyl (C=O) groups is 1. The van der Waals surface area contributed by atoms with Gasteiger partial charge in [-0.2, -0.15) is 0 Å². The van der Waals surface area contributed by atoms with Crippen LogP contribution in [0.5, 0.6) is 5.75 Å². The molecule has 0 saturated carbocycles. The molecule has 1 saturated heterocycles. The molecule has 1 aliphatic rings. The number of carbonyl (C=O) groups excluding carboxylic acids is 1. The molecule has 0 radical (unpaired) electrons. The van der Waals surface area contributed by atoms with Crippen LogP contribution < -0.4 is 15.0 Å². The molecule has 0 aliphatic carbocycles. The molecule has 2 aromatic carbocycles. The van der Waals surface area contributed by atoms with E-state index in [9.17, 15) is 4.79 Å². The average Bonchev–Trinajstić information content (AvgIpc) is 3.32. The van der Waals surface area contributed by atoms with Gasteiger partial charge < -0.3 is 15.0 Å². The van der Waals surface area contributed by atoms with Crippen molar-refractivity contribution in [2.45, 2.75) is 36.6 Å². The van der Waals surface area contributed by atoms with Crippen molar-refractivity contribution < 1.29 is 9.53 Å². The van der Waals surface area contributed by atoms with E-state index in [4.69, 9.17) is 4.74 Å². The third-order valence-electron chi connectivity index (χ3n) is 6.14. The van der Waals surface area contributed by atoms with Crippen molar-refractivity contribution in [3.8, 4) is 11.4 Å². The van der Waals surface area contributed by atoms with Gasteiger partial charge >= 0.3 is 0 Å². The first-order valence-electron chi connectivity index (χ1n) is 11.8. The molecular weight excluding hydrogens is 460 g/mol. The van der Waals surface area contributed by atoms with Crippen molar-refractivity contribution in [3.05, 3.63) is 60.8 Å². The fraction of sp³-hybridized carbons (Fsp3) is 0.308. The molecule has 1 atom stereocenters. The van der Waals surface area contributed by atoms with Gasteiger partial charge in [-0.3, -0.25) is 14.3 Å². The number of pyridine rings is 1. The van der Waals surface area contributed by atoms with Gasteiger partial charge in [0.2, 0.25) is 11.9 Å². The number of nitrogens with one attached hydrogen (secondary N) is 1. The van der Waals surface area contributed by atoms with Gasteiger partial charge in [0.1, 0.15) is 5.75 Å². The van der Waals surface area contributed by atoms with Crippen LogP contribution in [0.3, 0.4) is 0 Å². The summed E-state index contributed by atoms with van der Waals surface area (Å²) in [6, 6.07) is 17.4. The quantitative estimate of drug-likeness (QED) is 0.369. The van der Waals surface area contributed by atoms with Crippen LogP contribution in [0, 0.1) is 0 Å². The molecule has 9 heteroatoms. The monoisotopic (exact) mass is 488 g/mol. The summed E-state index contributed by atoms with van der Waals surface area (Å²) in [6.45, 7) is 3.75. The summed E-state index contributed by atoms with van der Waals surface area (Å²) in [5.41, 5.74) is 2.44. The van der Waals surface area contributed by atoms with Crippen molar-refractivity contribution in [2.75, 3.05) is 30.4 Å². The zero-order valence-corrected chi connectivity index (χ0v) is 20.7. The zero-order chi connectivity index (χ0) is 24.2. The summed E-state index contributed by atoms with van der Waals surface area (Å²) in [4.78, 5) is 19.8. The number of hydrogen-bond donors (Lipinski definition) is 1. The van der Waals surface area contributed by atoms with Crippen LogP contribution in [0.25, 0.3) is 16.6 Å². The summed E-state index contributed by atoms with van der Waals surface area (Å²) in [5.74, 6) is 1.40. The van der Waals surface area contributed by atoms with Crippen LogP contribution >= 0.6 is 11.8 Å². The second kappa shape index (κ2) is 10.4. The number of fused-ring (bicyclic) bond motifs is 1. The Morgan fingerprint density at radius 3 is 2.69 bits per heavy atom. The predicted octanol–water partition coefficient (Wildman–Crippen LogP) is 4.93. The summed E-state index contributed by atoms with van der Waals surface area (Å²) in [5, 5.41) is 13.3. The van der Waals surface area contributed by atoms with Crippen LogP contribution in [0.2, 0.25) is 0 Å². The van der Waals surface area contributed by atoms with Crippen molar-refractivity contribution in [1.29, 1.82) is 0 Å². The standard InChI is InChI=1S/C26H28N6O2S/c1-18(24(33)28-21-12-8-11-20-19(21)10-9-15-27-20)35-26-30-29-25(31-16-6-3-7-17-31)32(26)22-13-4-5-14-23(22)34-2/h4-5,8-15,18H,3,6-7,16-17H2,1-2H3,(H,28,33). The van der Waals surface area contributed by atoms with Crippen molar-refractivity contribution in [3.63, 3.8) is 0 Å². The van der Waals surface area contributed by atoms with Crippen LogP contribution in [0.4, 0.5) is 11.6 Å². The van der Waals surface area contributed by atoms with E-state index in [1.807, 2.05) is 66.1 Å². The Balaban J connectivity index is 1.44. The molecule has 1 amide bonds. The minimum absolute atomic E-state index is 0.111. The third kappa shape index (κ3) is 4.81. The van der Waals surface area contributed by atoms with Gasteiger partial charge in [0.25, 0.3) is 0 Å². The lowest BCUT2D eigenvalue weighted by Gasteiger charge is -2.28. The first kappa shape index (κ1) is 23.2. The van der Waals surface area contributed by atoms with E-state index < -0.39 is 5.25 Å². The number of ether oxygens (including phenoxy) is 1. The van der Waals surface area contributed by atoms with Crippen molar-refractivity contribution in [2.24, 2.45) is 0 Å². The lowest BCUT2D eigenvalue weighted by molar-refractivity contribution is -0.115. The normalized spacial score (nSPS) is 14.6. The molecule has 8 nitrogen and oxygen atoms in total. The number of nitrogens with zero attached hydrogens (tertiary/aromatic N) is 5. The largest absolute Gasteiger partial charge is 0.495 e. The van der Waals surface area contributed by atoms with E-state index >= 15 is 0 Å². The Morgan fingerprint density at radius 2 is 1.86 bits per heavy atom. The Kier molecular flexibility index (Phi) is 6.85. The highest BCUT2D eigenvalue weighted by Crippen LogP contribution is 2.34. The molecule has 35 heavy (non-hydrogen) atoms. The van der Waals surface area contributed by atoms with Gasteiger partial charge in [0, 0.05) is 24.7 Å². The molecule has 1 aliphatic heterocycles. The number of aromatic nitrogens is 4. The molecule has 3 heterocycles. The molecule has 4 aromatic rings. The van der Waals surface area contributed by atoms with Crippen LogP contribution in [-0.2, 0) is 4.79 Å². The Hall–Kier alpha value is -3.59. The lowest BCUT2D eigenvalue weighted by atomic mass is 10.1. The molecule has 0 spiro atoms. The fourth-order valence-corrected chi connectivity index (χ4v) is 5.18. The summed E-state index contributed by atoms with van der Waals surface area (Å²) in [6.07, 6.45) is 5.22. The maximum Gasteiger partial charge on any atom is 0.237 e. The number of amides is 1. The van der Waals surface area contributed by atoms with E-state index in [2.05, 4.69) is 25.4 Å². The average molecular weight is 489 g/mol. The highest BCUT2D eigenvalue weighted by atomic mass is 32.2. The maximum absolute atomic E-state index is 13.2. The van der Waals surface area contributed by atoms with Crippen molar-refractivity contribution in [1.82, 2.24) is 19.7 Å². The SMILES string of the molecule is COc1ccccc1-n1c(SC(C)C(=O)Nc2cccc3ncccc23)nnc1N1CCCCC1. The number of piperidine rings is 1. The zero-order valence-electron chi connectivity index (χ0n) is 19.8. The highest BCUT2D eigenvalue weighted by molar-refractivity contribution is 8.00. The first-order valence-corrected chi connectivity index (χ1v) is 12.7. The summed E-state index contributed by atoms with van der Waals surface area (Å²) >= 11 is 1.38. The minimum atomic E-state index is -0.409. The molecule has 1 fully saturated rings. The van der Waals surface area contributed by atoms with Gasteiger partial charge in [-0.15, -0.1) is 10.2 Å². The Bertz CT molecular complexity index is 1330. The van der Waals surface area contributed by atoms with Crippen LogP contribution in [0.1, 0.15) is 26.2 Å². The fourth-order valence-electron chi connectivity index (χ4n) is 4.32. The van der Waals surface area contributed by atoms with Gasteiger partial charge in [0.15, 0.2) is 5.16 Å². The smallest absolute Gasteiger partial charge is 0.237 e. The summed E-state index contributed by atoms with van der Waals surface area (Å²) < 4.78 is 7.66. The molecule has 1 N–H and O–H groups in total. The van der Waals surface area contributed by atoms with Crippen molar-refractivity contribution >= 4 is 40.2 Å². The van der Waals surface area contributed by atoms with Gasteiger partial charge in [-0.1, -0.05) is 30.0 Å². The molecule has 5 rings (SSSR count). The molecule has 1 unspecified atom stereocenters. The second-order valence-electron chi connectivity index (χ2n) is 8.46. The lowest BCUT2D eigenvalue weighted by Crippen LogP contribution is -2.32. The van der Waals surface area contributed by atoms with Gasteiger partial charge in [0.05, 0.1) is 29.3 Å². The highest BCUT2D eigenvalue weighted by Gasteiger charge is 2.26. The van der Waals surface area contributed by atoms with E-state index in [1.54, 1.807) is 13.3 Å². The van der Waals surface area contributed by atoms with Gasteiger partial charge in [-0.05, 0) is 62.6 Å². The topological polar surface area (TPSA) is 85.2 Å². The first-order chi connectivity index (χ1) is 17.2. The molecule has 2 aromatic heterocycles. The molecule has 180 valence electrons. The van der Waals surface area contributed by atoms with E-state index in [0.717, 1.165) is 59.9 Å². The summed E-state index contributed by atoms with van der Waals surface area (Å²) in [7, 11) is 1.66. The molecular formula is C26H28N6O2S. The number of methoxy groups -OCH3 is 1. The minimum Gasteiger partial charge on any atom is -0.495 e. The number of para-hydroxylation sites is 2. The van der Waals surface area contributed by atoms with E-state index in [-0.39, 0.29) is 5.91 Å². The number of hydrogen-bond acceptors (Lipinski definition) is 7. The number of benzene rings is 2. The number of rotatable bonds is 7.